The Hall–Kier alpha value is -1.64. The average molecular weight is 426 g/mol. The Morgan fingerprint density at radius 1 is 1.35 bits per heavy atom. The van der Waals surface area contributed by atoms with E-state index in [0.717, 1.165) is 24.6 Å². The van der Waals surface area contributed by atoms with E-state index < -0.39 is 0 Å². The van der Waals surface area contributed by atoms with E-state index in [1.165, 1.54) is 12.8 Å². The van der Waals surface area contributed by atoms with Gasteiger partial charge in [-0.1, -0.05) is 25.1 Å². The van der Waals surface area contributed by atoms with Crippen molar-refractivity contribution in [3.05, 3.63) is 42.5 Å². The van der Waals surface area contributed by atoms with Crippen molar-refractivity contribution in [2.24, 2.45) is 16.6 Å². The number of hydrogen-bond acceptors (Lipinski definition) is 3. The molecule has 0 saturated carbocycles. The molecule has 1 unspecified atom stereocenters. The van der Waals surface area contributed by atoms with Crippen LogP contribution in [0, 0.1) is 5.92 Å². The predicted molar refractivity (Wildman–Crippen MR) is 102 cm³/mol. The molecule has 0 aliphatic carbocycles. The number of nitrogens with zero attached hydrogens (tertiary/aromatic N) is 5. The predicted octanol–water partition coefficient (Wildman–Crippen LogP) is 2.43. The van der Waals surface area contributed by atoms with Gasteiger partial charge in [-0.25, -0.2) is 4.99 Å². The highest BCUT2D eigenvalue weighted by molar-refractivity contribution is 14.0. The number of halogens is 1. The van der Waals surface area contributed by atoms with E-state index in [9.17, 15) is 0 Å². The lowest BCUT2D eigenvalue weighted by atomic mass is 10.0. The van der Waals surface area contributed by atoms with Gasteiger partial charge in [-0.05, 0) is 30.9 Å². The number of likely N-dealkylation sites (tertiary alicyclic amines) is 1. The van der Waals surface area contributed by atoms with Gasteiger partial charge in [-0.3, -0.25) is 4.57 Å². The first-order chi connectivity index (χ1) is 10.7. The van der Waals surface area contributed by atoms with Crippen molar-refractivity contribution in [2.75, 3.05) is 13.1 Å². The van der Waals surface area contributed by atoms with Gasteiger partial charge in [-0.15, -0.1) is 34.2 Å². The molecular formula is C16H23IN6. The summed E-state index contributed by atoms with van der Waals surface area (Å²) in [6.45, 7) is 4.67. The van der Waals surface area contributed by atoms with Crippen LogP contribution in [0.25, 0.3) is 5.69 Å². The van der Waals surface area contributed by atoms with Crippen LogP contribution in [0.5, 0.6) is 0 Å². The third-order valence-electron chi connectivity index (χ3n) is 4.02. The molecule has 0 spiro atoms. The Kier molecular flexibility index (Phi) is 6.37. The molecular weight excluding hydrogens is 403 g/mol. The smallest absolute Gasteiger partial charge is 0.191 e. The molecule has 124 valence electrons. The molecule has 2 N–H and O–H groups in total. The Bertz CT molecular complexity index is 639. The van der Waals surface area contributed by atoms with E-state index in [-0.39, 0.29) is 24.0 Å². The molecule has 1 aromatic heterocycles. The molecule has 1 aliphatic heterocycles. The van der Waals surface area contributed by atoms with E-state index >= 15 is 0 Å². The summed E-state index contributed by atoms with van der Waals surface area (Å²) in [5.41, 5.74) is 7.16. The van der Waals surface area contributed by atoms with Crippen LogP contribution in [0.1, 0.15) is 25.6 Å². The number of benzene rings is 1. The summed E-state index contributed by atoms with van der Waals surface area (Å²) in [6.07, 6.45) is 4.16. The molecule has 3 rings (SSSR count). The molecule has 2 aromatic rings. The van der Waals surface area contributed by atoms with Gasteiger partial charge in [0.1, 0.15) is 12.9 Å². The summed E-state index contributed by atoms with van der Waals surface area (Å²) in [4.78, 5) is 6.67. The first-order valence-corrected chi connectivity index (χ1v) is 7.73. The largest absolute Gasteiger partial charge is 0.370 e. The summed E-state index contributed by atoms with van der Waals surface area (Å²) in [7, 11) is 0. The lowest BCUT2D eigenvalue weighted by molar-refractivity contribution is 0.270. The zero-order valence-corrected chi connectivity index (χ0v) is 15.6. The van der Waals surface area contributed by atoms with Crippen molar-refractivity contribution in [1.29, 1.82) is 0 Å². The Labute approximate surface area is 153 Å². The third-order valence-corrected chi connectivity index (χ3v) is 4.02. The average Bonchev–Trinajstić information content (AvgIpc) is 3.02. The van der Waals surface area contributed by atoms with Crippen LogP contribution in [-0.4, -0.2) is 38.7 Å². The van der Waals surface area contributed by atoms with Gasteiger partial charge in [0.15, 0.2) is 11.8 Å². The molecule has 23 heavy (non-hydrogen) atoms. The summed E-state index contributed by atoms with van der Waals surface area (Å²) >= 11 is 0. The van der Waals surface area contributed by atoms with Gasteiger partial charge in [0, 0.05) is 18.8 Å². The van der Waals surface area contributed by atoms with Crippen molar-refractivity contribution in [1.82, 2.24) is 19.7 Å². The van der Waals surface area contributed by atoms with Gasteiger partial charge in [0.2, 0.25) is 0 Å². The minimum absolute atomic E-state index is 0. The van der Waals surface area contributed by atoms with Crippen LogP contribution in [0.15, 0.2) is 41.7 Å². The molecule has 2 heterocycles. The highest BCUT2D eigenvalue weighted by Gasteiger charge is 2.17. The summed E-state index contributed by atoms with van der Waals surface area (Å²) in [5.74, 6) is 2.07. The molecule has 7 heteroatoms. The van der Waals surface area contributed by atoms with E-state index in [2.05, 4.69) is 27.0 Å². The number of piperidine rings is 1. The van der Waals surface area contributed by atoms with Gasteiger partial charge in [0.05, 0.1) is 0 Å². The number of rotatable bonds is 3. The zero-order valence-electron chi connectivity index (χ0n) is 13.3. The SMILES string of the molecule is CC1CCCN(C(N)=NCc2nncn2-c2ccccc2)C1.I. The highest BCUT2D eigenvalue weighted by Crippen LogP contribution is 2.15. The van der Waals surface area contributed by atoms with Gasteiger partial charge >= 0.3 is 0 Å². The normalized spacial score (nSPS) is 18.6. The number of aliphatic imine (C=N–C) groups is 1. The van der Waals surface area contributed by atoms with E-state index in [0.29, 0.717) is 18.4 Å². The zero-order chi connectivity index (χ0) is 15.4. The Balaban J connectivity index is 0.00000192. The highest BCUT2D eigenvalue weighted by atomic mass is 127. The van der Waals surface area contributed by atoms with Gasteiger partial charge in [-0.2, -0.15) is 0 Å². The molecule has 1 saturated heterocycles. The lowest BCUT2D eigenvalue weighted by Crippen LogP contribution is -2.43. The molecule has 6 nitrogen and oxygen atoms in total. The number of aromatic nitrogens is 3. The topological polar surface area (TPSA) is 72.3 Å². The lowest BCUT2D eigenvalue weighted by Gasteiger charge is -2.31. The third kappa shape index (κ3) is 4.43. The maximum atomic E-state index is 6.13. The number of guanidine groups is 1. The van der Waals surface area contributed by atoms with E-state index in [1.807, 2.05) is 34.9 Å². The second kappa shape index (κ2) is 8.28. The van der Waals surface area contributed by atoms with Crippen molar-refractivity contribution < 1.29 is 0 Å². The van der Waals surface area contributed by atoms with Crippen molar-refractivity contribution in [3.8, 4) is 5.69 Å². The van der Waals surface area contributed by atoms with Crippen molar-refractivity contribution in [3.63, 3.8) is 0 Å². The number of para-hydroxylation sites is 1. The van der Waals surface area contributed by atoms with Gasteiger partial charge in [0.25, 0.3) is 0 Å². The Morgan fingerprint density at radius 2 is 2.13 bits per heavy atom. The summed E-state index contributed by atoms with van der Waals surface area (Å²) < 4.78 is 1.94. The second-order valence-electron chi connectivity index (χ2n) is 5.82. The van der Waals surface area contributed by atoms with Crippen molar-refractivity contribution >= 4 is 29.9 Å². The molecule has 0 amide bonds. The maximum absolute atomic E-state index is 6.13. The first kappa shape index (κ1) is 17.7. The van der Waals surface area contributed by atoms with Crippen LogP contribution in [0.2, 0.25) is 0 Å². The quantitative estimate of drug-likeness (QED) is 0.465. The second-order valence-corrected chi connectivity index (χ2v) is 5.82. The first-order valence-electron chi connectivity index (χ1n) is 7.73. The van der Waals surface area contributed by atoms with Crippen LogP contribution in [-0.2, 0) is 6.54 Å². The van der Waals surface area contributed by atoms with Crippen LogP contribution >= 0.6 is 24.0 Å². The fourth-order valence-electron chi connectivity index (χ4n) is 2.82. The van der Waals surface area contributed by atoms with E-state index in [4.69, 9.17) is 5.73 Å². The van der Waals surface area contributed by atoms with E-state index in [1.54, 1.807) is 6.33 Å². The molecule has 1 fully saturated rings. The number of nitrogens with two attached hydrogens (primary N) is 1. The standard InChI is InChI=1S/C16H22N6.HI/c1-13-6-5-9-21(11-13)16(17)18-10-15-20-19-12-22(15)14-7-3-2-4-8-14;/h2-4,7-8,12-13H,5-6,9-11H2,1H3,(H2,17,18);1H. The Morgan fingerprint density at radius 3 is 2.87 bits per heavy atom. The van der Waals surface area contributed by atoms with Crippen LogP contribution in [0.3, 0.4) is 0 Å². The molecule has 0 radical (unpaired) electrons. The molecule has 1 aromatic carbocycles. The summed E-state index contributed by atoms with van der Waals surface area (Å²) in [6, 6.07) is 10.0. The van der Waals surface area contributed by atoms with Crippen molar-refractivity contribution in [2.45, 2.75) is 26.3 Å². The fourth-order valence-corrected chi connectivity index (χ4v) is 2.82. The fraction of sp³-hybridized carbons (Fsp3) is 0.438. The minimum Gasteiger partial charge on any atom is -0.370 e. The monoisotopic (exact) mass is 426 g/mol. The molecule has 0 bridgehead atoms. The molecule has 1 atom stereocenters. The molecule has 1 aliphatic rings. The van der Waals surface area contributed by atoms with Crippen LogP contribution in [0.4, 0.5) is 0 Å². The minimum atomic E-state index is 0. The van der Waals surface area contributed by atoms with Gasteiger partial charge < -0.3 is 10.6 Å². The number of hydrogen-bond donors (Lipinski definition) is 1. The van der Waals surface area contributed by atoms with Crippen LogP contribution < -0.4 is 5.73 Å². The summed E-state index contributed by atoms with van der Waals surface area (Å²) in [5, 5.41) is 8.15. The maximum Gasteiger partial charge on any atom is 0.191 e.